The summed E-state index contributed by atoms with van der Waals surface area (Å²) in [4.78, 5) is 14.2. The van der Waals surface area contributed by atoms with Crippen molar-refractivity contribution >= 4 is 29.8 Å². The monoisotopic (exact) mass is 323 g/mol. The highest BCUT2D eigenvalue weighted by Crippen LogP contribution is 2.30. The van der Waals surface area contributed by atoms with E-state index in [2.05, 4.69) is 11.9 Å². The zero-order chi connectivity index (χ0) is 9.97. The van der Waals surface area contributed by atoms with Crippen LogP contribution in [-0.4, -0.2) is 30.3 Å². The molecule has 88 valence electrons. The van der Waals surface area contributed by atoms with Crippen molar-refractivity contribution in [1.29, 1.82) is 0 Å². The van der Waals surface area contributed by atoms with Gasteiger partial charge in [-0.1, -0.05) is 12.8 Å². The van der Waals surface area contributed by atoms with Crippen LogP contribution in [0.3, 0.4) is 0 Å². The quantitative estimate of drug-likeness (QED) is 0.692. The molecular weight excluding hydrogens is 301 g/mol. The number of carbonyl (C=O) groups is 1. The van der Waals surface area contributed by atoms with Crippen molar-refractivity contribution in [2.45, 2.75) is 51.0 Å². The number of ketones is 1. The number of halogens is 1. The molecule has 0 aromatic heterocycles. The minimum Gasteiger partial charge on any atom is -0.303 e. The second-order valence-corrected chi connectivity index (χ2v) is 4.86. The van der Waals surface area contributed by atoms with Crippen LogP contribution in [0, 0.1) is 5.92 Å². The topological polar surface area (TPSA) is 20.3 Å². The molecular formula is C12H22INO. The average Bonchev–Trinajstić information content (AvgIpc) is 2.20. The van der Waals surface area contributed by atoms with Crippen molar-refractivity contribution in [3.8, 4) is 0 Å². The zero-order valence-electron chi connectivity index (χ0n) is 9.58. The van der Waals surface area contributed by atoms with E-state index in [1.807, 2.05) is 0 Å². The molecule has 2 rings (SSSR count). The third-order valence-corrected chi connectivity index (χ3v) is 3.89. The number of hydrogen-bond acceptors (Lipinski definition) is 2. The Hall–Kier alpha value is 0.360. The van der Waals surface area contributed by atoms with Crippen molar-refractivity contribution < 1.29 is 4.79 Å². The summed E-state index contributed by atoms with van der Waals surface area (Å²) in [5.74, 6) is 0.907. The number of carbonyl (C=O) groups excluding carboxylic acids is 1. The van der Waals surface area contributed by atoms with Crippen molar-refractivity contribution in [3.63, 3.8) is 0 Å². The maximum absolute atomic E-state index is 11.8. The lowest BCUT2D eigenvalue weighted by molar-refractivity contribution is -0.127. The van der Waals surface area contributed by atoms with Gasteiger partial charge in [-0.05, 0) is 39.3 Å². The lowest BCUT2D eigenvalue weighted by Gasteiger charge is -2.38. The lowest BCUT2D eigenvalue weighted by Crippen LogP contribution is -2.45. The molecule has 3 heteroatoms. The highest BCUT2D eigenvalue weighted by molar-refractivity contribution is 14.0. The highest BCUT2D eigenvalue weighted by Gasteiger charge is 2.33. The summed E-state index contributed by atoms with van der Waals surface area (Å²) >= 11 is 0. The van der Waals surface area contributed by atoms with Gasteiger partial charge in [0, 0.05) is 18.4 Å². The lowest BCUT2D eigenvalue weighted by atomic mass is 9.79. The van der Waals surface area contributed by atoms with Crippen LogP contribution in [0.4, 0.5) is 0 Å². The standard InChI is InChI=1S/C12H21NO.HI/c1-13-9-5-4-7-11(13)10-6-2-3-8-12(10)14;/h10-11H,2-9H2,1H3;1H. The van der Waals surface area contributed by atoms with Gasteiger partial charge in [0.2, 0.25) is 0 Å². The molecule has 0 N–H and O–H groups in total. The zero-order valence-corrected chi connectivity index (χ0v) is 11.9. The molecule has 0 aromatic carbocycles. The molecule has 0 radical (unpaired) electrons. The molecule has 1 saturated carbocycles. The first-order chi connectivity index (χ1) is 6.79. The first-order valence-electron chi connectivity index (χ1n) is 6.02. The maximum Gasteiger partial charge on any atom is 0.137 e. The fourth-order valence-electron chi connectivity index (χ4n) is 3.03. The van der Waals surface area contributed by atoms with Gasteiger partial charge in [0.15, 0.2) is 0 Å². The number of nitrogens with zero attached hydrogens (tertiary/aromatic N) is 1. The molecule has 1 aliphatic heterocycles. The Kier molecular flexibility index (Phi) is 5.53. The van der Waals surface area contributed by atoms with E-state index in [-0.39, 0.29) is 24.0 Å². The molecule has 1 aliphatic carbocycles. The van der Waals surface area contributed by atoms with Gasteiger partial charge in [0.1, 0.15) is 5.78 Å². The van der Waals surface area contributed by atoms with E-state index in [0.29, 0.717) is 17.7 Å². The summed E-state index contributed by atoms with van der Waals surface area (Å²) in [6.45, 7) is 1.19. The predicted octanol–water partition coefficient (Wildman–Crippen LogP) is 2.85. The Morgan fingerprint density at radius 2 is 1.87 bits per heavy atom. The van der Waals surface area contributed by atoms with Crippen LogP contribution in [0.5, 0.6) is 0 Å². The van der Waals surface area contributed by atoms with Gasteiger partial charge < -0.3 is 4.90 Å². The predicted molar refractivity (Wildman–Crippen MR) is 72.6 cm³/mol. The maximum atomic E-state index is 11.8. The number of hydrogen-bond donors (Lipinski definition) is 0. The fourth-order valence-corrected chi connectivity index (χ4v) is 3.03. The first-order valence-corrected chi connectivity index (χ1v) is 6.02. The Balaban J connectivity index is 0.00000112. The van der Waals surface area contributed by atoms with Crippen LogP contribution in [0.1, 0.15) is 44.9 Å². The van der Waals surface area contributed by atoms with Crippen LogP contribution >= 0.6 is 24.0 Å². The van der Waals surface area contributed by atoms with Crippen LogP contribution in [0.2, 0.25) is 0 Å². The van der Waals surface area contributed by atoms with Gasteiger partial charge in [-0.2, -0.15) is 0 Å². The molecule has 0 spiro atoms. The number of piperidine rings is 1. The van der Waals surface area contributed by atoms with E-state index in [1.54, 1.807) is 0 Å². The van der Waals surface area contributed by atoms with Crippen molar-refractivity contribution in [3.05, 3.63) is 0 Å². The van der Waals surface area contributed by atoms with E-state index in [0.717, 1.165) is 19.3 Å². The largest absolute Gasteiger partial charge is 0.303 e. The third kappa shape index (κ3) is 3.16. The molecule has 1 heterocycles. The Bertz CT molecular complexity index is 220. The number of likely N-dealkylation sites (tertiary alicyclic amines) is 1. The van der Waals surface area contributed by atoms with E-state index >= 15 is 0 Å². The van der Waals surface area contributed by atoms with E-state index < -0.39 is 0 Å². The number of Topliss-reactive ketones (excluding diaryl/α,β-unsaturated/α-hetero) is 1. The molecule has 15 heavy (non-hydrogen) atoms. The molecule has 2 nitrogen and oxygen atoms in total. The first kappa shape index (κ1) is 13.4. The van der Waals surface area contributed by atoms with Gasteiger partial charge >= 0.3 is 0 Å². The average molecular weight is 323 g/mol. The van der Waals surface area contributed by atoms with Gasteiger partial charge in [-0.15, -0.1) is 24.0 Å². The van der Waals surface area contributed by atoms with Gasteiger partial charge in [0.05, 0.1) is 0 Å². The normalized spacial score (nSPS) is 33.5. The molecule has 0 bridgehead atoms. The van der Waals surface area contributed by atoms with Gasteiger partial charge in [-0.3, -0.25) is 4.79 Å². The second-order valence-electron chi connectivity index (χ2n) is 4.86. The van der Waals surface area contributed by atoms with Gasteiger partial charge in [-0.25, -0.2) is 0 Å². The molecule has 2 unspecified atom stereocenters. The molecule has 2 aliphatic rings. The van der Waals surface area contributed by atoms with Crippen LogP contribution < -0.4 is 0 Å². The summed E-state index contributed by atoms with van der Waals surface area (Å²) in [6.07, 6.45) is 8.26. The van der Waals surface area contributed by atoms with Crippen LogP contribution in [0.15, 0.2) is 0 Å². The summed E-state index contributed by atoms with van der Waals surface area (Å²) < 4.78 is 0. The van der Waals surface area contributed by atoms with Crippen molar-refractivity contribution in [1.82, 2.24) is 4.90 Å². The van der Waals surface area contributed by atoms with Crippen LogP contribution in [0.25, 0.3) is 0 Å². The molecule has 1 saturated heterocycles. The Labute approximate surface area is 110 Å². The summed E-state index contributed by atoms with van der Waals surface area (Å²) in [6, 6.07) is 0.566. The molecule has 2 atom stereocenters. The van der Waals surface area contributed by atoms with E-state index in [1.165, 1.54) is 32.2 Å². The Morgan fingerprint density at radius 3 is 2.53 bits per heavy atom. The second kappa shape index (κ2) is 6.18. The number of rotatable bonds is 1. The van der Waals surface area contributed by atoms with E-state index in [4.69, 9.17) is 0 Å². The van der Waals surface area contributed by atoms with E-state index in [9.17, 15) is 4.79 Å². The van der Waals surface area contributed by atoms with Gasteiger partial charge in [0.25, 0.3) is 0 Å². The van der Waals surface area contributed by atoms with Crippen LogP contribution in [-0.2, 0) is 4.79 Å². The minimum atomic E-state index is 0. The molecule has 0 aromatic rings. The third-order valence-electron chi connectivity index (χ3n) is 3.89. The van der Waals surface area contributed by atoms with Crippen molar-refractivity contribution in [2.75, 3.05) is 13.6 Å². The molecule has 0 amide bonds. The summed E-state index contributed by atoms with van der Waals surface area (Å²) in [5.41, 5.74) is 0. The fraction of sp³-hybridized carbons (Fsp3) is 0.917. The van der Waals surface area contributed by atoms with Crippen molar-refractivity contribution in [2.24, 2.45) is 5.92 Å². The molecule has 2 fully saturated rings. The SMILES string of the molecule is CN1CCCCC1C1CCCCC1=O.I. The Morgan fingerprint density at radius 1 is 1.13 bits per heavy atom. The summed E-state index contributed by atoms with van der Waals surface area (Å²) in [5, 5.41) is 0. The minimum absolute atomic E-state index is 0. The summed E-state index contributed by atoms with van der Waals surface area (Å²) in [7, 11) is 2.19. The highest BCUT2D eigenvalue weighted by atomic mass is 127. The smallest absolute Gasteiger partial charge is 0.137 e.